The Morgan fingerprint density at radius 1 is 1.26 bits per heavy atom. The molecule has 0 aliphatic heterocycles. The Morgan fingerprint density at radius 2 is 1.89 bits per heavy atom. The molecule has 1 rings (SSSR count). The van der Waals surface area contributed by atoms with E-state index in [0.717, 1.165) is 23.4 Å². The maximum atomic E-state index is 6.30. The van der Waals surface area contributed by atoms with Crippen LogP contribution < -0.4 is 0 Å². The van der Waals surface area contributed by atoms with Gasteiger partial charge in [-0.05, 0) is 51.9 Å². The molecule has 0 unspecified atom stereocenters. The fourth-order valence-electron chi connectivity index (χ4n) is 2.83. The second-order valence-electron chi connectivity index (χ2n) is 6.61. The van der Waals surface area contributed by atoms with Gasteiger partial charge in [0.1, 0.15) is 0 Å². The number of halogens is 1. The molecule has 114 valence electrons. The Morgan fingerprint density at radius 3 is 2.37 bits per heavy atom. The van der Waals surface area contributed by atoms with Crippen molar-refractivity contribution in [2.24, 2.45) is 5.92 Å². The molecule has 0 aromatic heterocycles. The van der Waals surface area contributed by atoms with Gasteiger partial charge >= 0.3 is 0 Å². The Labute approximate surface area is 133 Å². The maximum Gasteiger partial charge on any atom is 0.0771 e. The monoisotopic (exact) mass is 382 g/mol. The lowest BCUT2D eigenvalue weighted by Gasteiger charge is -2.39. The summed E-state index contributed by atoms with van der Waals surface area (Å²) in [5.41, 5.74) is 0.0838. The molecule has 1 aliphatic rings. The van der Waals surface area contributed by atoms with Gasteiger partial charge in [0.15, 0.2) is 0 Å². The average molecular weight is 382 g/mol. The van der Waals surface area contributed by atoms with Gasteiger partial charge in [-0.2, -0.15) is 0 Å². The van der Waals surface area contributed by atoms with Gasteiger partial charge in [0.05, 0.1) is 17.8 Å². The fourth-order valence-corrected chi connectivity index (χ4v) is 3.82. The summed E-state index contributed by atoms with van der Waals surface area (Å²) < 4.78 is 12.9. The van der Waals surface area contributed by atoms with Gasteiger partial charge in [0, 0.05) is 11.5 Å². The summed E-state index contributed by atoms with van der Waals surface area (Å²) >= 11 is 2.50. The molecule has 0 amide bonds. The second kappa shape index (κ2) is 8.18. The van der Waals surface area contributed by atoms with E-state index < -0.39 is 0 Å². The molecule has 0 heterocycles. The molecule has 0 bridgehead atoms. The first kappa shape index (κ1) is 17.7. The van der Waals surface area contributed by atoms with Crippen molar-refractivity contribution in [1.82, 2.24) is 0 Å². The van der Waals surface area contributed by atoms with E-state index in [1.54, 1.807) is 7.11 Å². The molecule has 1 saturated carbocycles. The van der Waals surface area contributed by atoms with Gasteiger partial charge in [-0.15, -0.1) is 0 Å². The third kappa shape index (κ3) is 5.88. The highest BCUT2D eigenvalue weighted by Gasteiger charge is 2.35. The summed E-state index contributed by atoms with van der Waals surface area (Å²) in [6.45, 7) is 7.38. The van der Waals surface area contributed by atoms with E-state index in [0.29, 0.717) is 0 Å². The molecule has 0 radical (unpaired) electrons. The van der Waals surface area contributed by atoms with Gasteiger partial charge < -0.3 is 9.47 Å². The van der Waals surface area contributed by atoms with Crippen LogP contribution in [0.4, 0.5) is 0 Å². The van der Waals surface area contributed by atoms with Crippen molar-refractivity contribution in [1.29, 1.82) is 0 Å². The van der Waals surface area contributed by atoms with Crippen molar-refractivity contribution in [3.63, 3.8) is 0 Å². The summed E-state index contributed by atoms with van der Waals surface area (Å²) in [7, 11) is 1.78. The molecule has 1 aliphatic carbocycles. The zero-order valence-electron chi connectivity index (χ0n) is 13.1. The second-order valence-corrected chi connectivity index (χ2v) is 7.37. The lowest BCUT2D eigenvalue weighted by molar-refractivity contribution is -0.0835. The summed E-state index contributed by atoms with van der Waals surface area (Å²) in [6, 6.07) is 0. The summed E-state index contributed by atoms with van der Waals surface area (Å²) in [6.07, 6.45) is 8.89. The predicted molar refractivity (Wildman–Crippen MR) is 90.1 cm³/mol. The number of ether oxygens (including phenoxy) is 2. The first-order valence-corrected chi connectivity index (χ1v) is 9.24. The molecule has 3 heteroatoms. The van der Waals surface area contributed by atoms with Crippen LogP contribution in [0.2, 0.25) is 0 Å². The highest BCUT2D eigenvalue weighted by molar-refractivity contribution is 14.1. The first-order chi connectivity index (χ1) is 8.97. The van der Waals surface area contributed by atoms with Crippen LogP contribution in [0.25, 0.3) is 0 Å². The van der Waals surface area contributed by atoms with E-state index in [1.165, 1.54) is 38.5 Å². The lowest BCUT2D eigenvalue weighted by atomic mass is 9.78. The molecular weight excluding hydrogens is 351 g/mol. The lowest BCUT2D eigenvalue weighted by Crippen LogP contribution is -2.40. The summed E-state index contributed by atoms with van der Waals surface area (Å²) in [4.78, 5) is 0. The highest BCUT2D eigenvalue weighted by atomic mass is 127. The summed E-state index contributed by atoms with van der Waals surface area (Å²) in [5, 5.41) is 0. The normalized spacial score (nSPS) is 28.6. The Bertz CT molecular complexity index is 245. The smallest absolute Gasteiger partial charge is 0.0771 e. The van der Waals surface area contributed by atoms with Crippen LogP contribution in [0.15, 0.2) is 0 Å². The standard InChI is InChI=1S/C16H31IO2/c1-5-6-14-7-9-16(13-17,10-8-14)19-12-11-15(2,3)18-4/h14H,5-13H2,1-4H3. The van der Waals surface area contributed by atoms with E-state index in [-0.39, 0.29) is 11.2 Å². The first-order valence-electron chi connectivity index (χ1n) is 7.72. The fraction of sp³-hybridized carbons (Fsp3) is 1.00. The maximum absolute atomic E-state index is 6.30. The Kier molecular flexibility index (Phi) is 7.62. The molecule has 0 N–H and O–H groups in total. The number of rotatable bonds is 8. The molecule has 0 aromatic carbocycles. The number of methoxy groups -OCH3 is 1. The van der Waals surface area contributed by atoms with Crippen LogP contribution >= 0.6 is 22.6 Å². The average Bonchev–Trinajstić information content (AvgIpc) is 2.41. The highest BCUT2D eigenvalue weighted by Crippen LogP contribution is 2.38. The molecule has 0 aromatic rings. The SMILES string of the molecule is CCCC1CCC(CI)(OCCC(C)(C)OC)CC1. The molecule has 1 fully saturated rings. The van der Waals surface area contributed by atoms with E-state index in [2.05, 4.69) is 43.4 Å². The quantitative estimate of drug-likeness (QED) is 0.435. The predicted octanol–water partition coefficient (Wildman–Crippen LogP) is 4.98. The third-order valence-electron chi connectivity index (χ3n) is 4.62. The molecule has 2 nitrogen and oxygen atoms in total. The van der Waals surface area contributed by atoms with Gasteiger partial charge in [0.25, 0.3) is 0 Å². The van der Waals surface area contributed by atoms with Crippen molar-refractivity contribution in [3.8, 4) is 0 Å². The molecule has 19 heavy (non-hydrogen) atoms. The molecule has 0 saturated heterocycles. The van der Waals surface area contributed by atoms with Crippen LogP contribution in [-0.4, -0.2) is 29.3 Å². The van der Waals surface area contributed by atoms with Crippen LogP contribution in [0.1, 0.15) is 65.7 Å². The Hall–Kier alpha value is 0.650. The summed E-state index contributed by atoms with van der Waals surface area (Å²) in [5.74, 6) is 0.945. The zero-order chi connectivity index (χ0) is 14.4. The number of hydrogen-bond donors (Lipinski definition) is 0. The van der Waals surface area contributed by atoms with Gasteiger partial charge in [-0.3, -0.25) is 0 Å². The van der Waals surface area contributed by atoms with Gasteiger partial charge in [-0.25, -0.2) is 0 Å². The largest absolute Gasteiger partial charge is 0.379 e. The third-order valence-corrected chi connectivity index (χ3v) is 6.01. The van der Waals surface area contributed by atoms with E-state index in [4.69, 9.17) is 9.47 Å². The van der Waals surface area contributed by atoms with Gasteiger partial charge in [-0.1, -0.05) is 42.4 Å². The Balaban J connectivity index is 2.37. The van der Waals surface area contributed by atoms with E-state index >= 15 is 0 Å². The van der Waals surface area contributed by atoms with Crippen molar-refractivity contribution >= 4 is 22.6 Å². The van der Waals surface area contributed by atoms with Crippen molar-refractivity contribution in [3.05, 3.63) is 0 Å². The zero-order valence-corrected chi connectivity index (χ0v) is 15.3. The van der Waals surface area contributed by atoms with Gasteiger partial charge in [0.2, 0.25) is 0 Å². The van der Waals surface area contributed by atoms with Crippen molar-refractivity contribution in [2.45, 2.75) is 76.9 Å². The van der Waals surface area contributed by atoms with E-state index in [1.807, 2.05) is 0 Å². The minimum Gasteiger partial charge on any atom is -0.379 e. The topological polar surface area (TPSA) is 18.5 Å². The minimum atomic E-state index is -0.0636. The van der Waals surface area contributed by atoms with Crippen LogP contribution in [0, 0.1) is 5.92 Å². The van der Waals surface area contributed by atoms with E-state index in [9.17, 15) is 0 Å². The number of alkyl halides is 1. The number of hydrogen-bond acceptors (Lipinski definition) is 2. The van der Waals surface area contributed by atoms with Crippen molar-refractivity contribution < 1.29 is 9.47 Å². The molecular formula is C16H31IO2. The van der Waals surface area contributed by atoms with Crippen LogP contribution in [0.3, 0.4) is 0 Å². The molecule has 0 spiro atoms. The van der Waals surface area contributed by atoms with Crippen LogP contribution in [0.5, 0.6) is 0 Å². The minimum absolute atomic E-state index is 0.0636. The van der Waals surface area contributed by atoms with Crippen LogP contribution in [-0.2, 0) is 9.47 Å². The molecule has 0 atom stereocenters. The van der Waals surface area contributed by atoms with Crippen molar-refractivity contribution in [2.75, 3.05) is 18.1 Å².